The molecule has 0 bridgehead atoms. The molecule has 3 rings (SSSR count). The number of rotatable bonds is 6. The minimum atomic E-state index is -0.314. The zero-order chi connectivity index (χ0) is 16.9. The van der Waals surface area contributed by atoms with E-state index in [0.29, 0.717) is 16.9 Å². The molecule has 0 aliphatic rings. The van der Waals surface area contributed by atoms with Gasteiger partial charge in [0, 0.05) is 11.4 Å². The second-order valence-electron chi connectivity index (χ2n) is 5.06. The standard InChI is InChI=1S/C16H17N5O2S/c1-23-16(22)11-5-2-3-6-12(11)24-8-4-7-21-10-20-13-14(17)18-9-19-15(13)21/h2-3,5-6,9-10H,4,7-8H2,1H3,(H2,17,18,19). The maximum absolute atomic E-state index is 11.8. The molecule has 2 heterocycles. The fraction of sp³-hybridized carbons (Fsp3) is 0.250. The third kappa shape index (κ3) is 3.33. The third-order valence-electron chi connectivity index (χ3n) is 3.52. The third-order valence-corrected chi connectivity index (χ3v) is 4.68. The van der Waals surface area contributed by atoms with Gasteiger partial charge in [0.1, 0.15) is 11.8 Å². The van der Waals surface area contributed by atoms with Crippen LogP contribution in [0, 0.1) is 0 Å². The summed E-state index contributed by atoms with van der Waals surface area (Å²) in [5, 5.41) is 0. The average molecular weight is 343 g/mol. The molecule has 3 aromatic rings. The predicted molar refractivity (Wildman–Crippen MR) is 92.9 cm³/mol. The van der Waals surface area contributed by atoms with Crippen LogP contribution >= 0.6 is 11.8 Å². The molecule has 7 nitrogen and oxygen atoms in total. The summed E-state index contributed by atoms with van der Waals surface area (Å²) in [7, 11) is 1.39. The van der Waals surface area contributed by atoms with Gasteiger partial charge in [0.15, 0.2) is 11.5 Å². The van der Waals surface area contributed by atoms with Gasteiger partial charge >= 0.3 is 5.97 Å². The number of hydrogen-bond donors (Lipinski definition) is 1. The largest absolute Gasteiger partial charge is 0.465 e. The lowest BCUT2D eigenvalue weighted by Gasteiger charge is -2.08. The first kappa shape index (κ1) is 16.3. The Labute approximate surface area is 143 Å². The fourth-order valence-corrected chi connectivity index (χ4v) is 3.33. The highest BCUT2D eigenvalue weighted by atomic mass is 32.2. The van der Waals surface area contributed by atoms with E-state index in [9.17, 15) is 4.79 Å². The monoisotopic (exact) mass is 343 g/mol. The van der Waals surface area contributed by atoms with E-state index in [0.717, 1.165) is 29.3 Å². The maximum atomic E-state index is 11.8. The minimum absolute atomic E-state index is 0.314. The van der Waals surface area contributed by atoms with Crippen LogP contribution in [-0.2, 0) is 11.3 Å². The Morgan fingerprint density at radius 2 is 2.12 bits per heavy atom. The Bertz CT molecular complexity index is 865. The Morgan fingerprint density at radius 1 is 1.29 bits per heavy atom. The van der Waals surface area contributed by atoms with Gasteiger partial charge in [-0.1, -0.05) is 12.1 Å². The van der Waals surface area contributed by atoms with Crippen LogP contribution in [0.4, 0.5) is 5.82 Å². The van der Waals surface area contributed by atoms with E-state index in [2.05, 4.69) is 15.0 Å². The van der Waals surface area contributed by atoms with Crippen molar-refractivity contribution in [1.29, 1.82) is 0 Å². The van der Waals surface area contributed by atoms with Crippen molar-refractivity contribution in [2.24, 2.45) is 0 Å². The first-order valence-corrected chi connectivity index (χ1v) is 8.40. The number of methoxy groups -OCH3 is 1. The van der Waals surface area contributed by atoms with Gasteiger partial charge in [0.2, 0.25) is 0 Å². The Balaban J connectivity index is 1.61. The number of fused-ring (bicyclic) bond motifs is 1. The van der Waals surface area contributed by atoms with Crippen LogP contribution in [-0.4, -0.2) is 38.4 Å². The van der Waals surface area contributed by atoms with Crippen LogP contribution in [0.3, 0.4) is 0 Å². The minimum Gasteiger partial charge on any atom is -0.465 e. The fourth-order valence-electron chi connectivity index (χ4n) is 2.35. The number of imidazole rings is 1. The summed E-state index contributed by atoms with van der Waals surface area (Å²) in [6, 6.07) is 7.45. The average Bonchev–Trinajstić information content (AvgIpc) is 3.03. The molecule has 124 valence electrons. The first-order chi connectivity index (χ1) is 11.7. The number of carbonyl (C=O) groups is 1. The molecule has 0 saturated heterocycles. The number of ether oxygens (including phenoxy) is 1. The van der Waals surface area contributed by atoms with Gasteiger partial charge in [-0.25, -0.2) is 19.7 Å². The van der Waals surface area contributed by atoms with E-state index < -0.39 is 0 Å². The number of esters is 1. The van der Waals surface area contributed by atoms with Crippen molar-refractivity contribution in [3.05, 3.63) is 42.5 Å². The van der Waals surface area contributed by atoms with Crippen molar-refractivity contribution in [2.75, 3.05) is 18.6 Å². The zero-order valence-electron chi connectivity index (χ0n) is 13.2. The molecule has 0 amide bonds. The molecule has 24 heavy (non-hydrogen) atoms. The smallest absolute Gasteiger partial charge is 0.338 e. The van der Waals surface area contributed by atoms with Gasteiger partial charge in [-0.15, -0.1) is 11.8 Å². The SMILES string of the molecule is COC(=O)c1ccccc1SCCCn1cnc2c(N)ncnc21. The summed E-state index contributed by atoms with van der Waals surface area (Å²) in [5.41, 5.74) is 7.74. The Hall–Kier alpha value is -2.61. The number of hydrogen-bond acceptors (Lipinski definition) is 7. The van der Waals surface area contributed by atoms with Crippen molar-refractivity contribution in [3.63, 3.8) is 0 Å². The second-order valence-corrected chi connectivity index (χ2v) is 6.20. The number of aromatic nitrogens is 4. The number of nitrogen functional groups attached to an aromatic ring is 1. The van der Waals surface area contributed by atoms with Crippen LogP contribution < -0.4 is 5.73 Å². The number of nitrogens with zero attached hydrogens (tertiary/aromatic N) is 4. The molecule has 0 saturated carbocycles. The molecule has 0 unspecified atom stereocenters. The first-order valence-electron chi connectivity index (χ1n) is 7.42. The van der Waals surface area contributed by atoms with Crippen molar-refractivity contribution in [1.82, 2.24) is 19.5 Å². The lowest BCUT2D eigenvalue weighted by Crippen LogP contribution is -2.03. The summed E-state index contributed by atoms with van der Waals surface area (Å²) in [6.07, 6.45) is 4.06. The van der Waals surface area contributed by atoms with Gasteiger partial charge < -0.3 is 15.0 Å². The van der Waals surface area contributed by atoms with Gasteiger partial charge in [0.05, 0.1) is 19.0 Å². The summed E-state index contributed by atoms with van der Waals surface area (Å²) in [6.45, 7) is 0.764. The molecule has 8 heteroatoms. The highest BCUT2D eigenvalue weighted by Gasteiger charge is 2.11. The lowest BCUT2D eigenvalue weighted by atomic mass is 10.2. The summed E-state index contributed by atoms with van der Waals surface area (Å²) in [5.74, 6) is 0.930. The molecular weight excluding hydrogens is 326 g/mol. The number of anilines is 1. The van der Waals surface area contributed by atoms with E-state index in [1.54, 1.807) is 24.2 Å². The summed E-state index contributed by atoms with van der Waals surface area (Å²) in [4.78, 5) is 25.1. The highest BCUT2D eigenvalue weighted by molar-refractivity contribution is 7.99. The van der Waals surface area contributed by atoms with E-state index in [4.69, 9.17) is 10.5 Å². The summed E-state index contributed by atoms with van der Waals surface area (Å²) < 4.78 is 6.77. The van der Waals surface area contributed by atoms with Crippen LogP contribution in [0.15, 0.2) is 41.8 Å². The molecule has 0 fully saturated rings. The van der Waals surface area contributed by atoms with Gasteiger partial charge in [0.25, 0.3) is 0 Å². The number of benzene rings is 1. The quantitative estimate of drug-likeness (QED) is 0.417. The van der Waals surface area contributed by atoms with Gasteiger partial charge in [-0.2, -0.15) is 0 Å². The van der Waals surface area contributed by atoms with Crippen LogP contribution in [0.5, 0.6) is 0 Å². The van der Waals surface area contributed by atoms with E-state index in [-0.39, 0.29) is 5.97 Å². The molecule has 0 radical (unpaired) electrons. The van der Waals surface area contributed by atoms with E-state index in [1.165, 1.54) is 13.4 Å². The highest BCUT2D eigenvalue weighted by Crippen LogP contribution is 2.24. The molecule has 0 aliphatic heterocycles. The van der Waals surface area contributed by atoms with Crippen LogP contribution in [0.1, 0.15) is 16.8 Å². The molecule has 0 aliphatic carbocycles. The molecule has 2 aromatic heterocycles. The topological polar surface area (TPSA) is 95.9 Å². The molecule has 0 spiro atoms. The molecule has 2 N–H and O–H groups in total. The number of carbonyl (C=O) groups excluding carboxylic acids is 1. The van der Waals surface area contributed by atoms with Crippen molar-refractivity contribution >= 4 is 34.7 Å². The number of thioether (sulfide) groups is 1. The van der Waals surface area contributed by atoms with E-state index >= 15 is 0 Å². The maximum Gasteiger partial charge on any atom is 0.338 e. The van der Waals surface area contributed by atoms with E-state index in [1.807, 2.05) is 22.8 Å². The van der Waals surface area contributed by atoms with Crippen molar-refractivity contribution in [2.45, 2.75) is 17.9 Å². The molecule has 1 aromatic carbocycles. The second kappa shape index (κ2) is 7.31. The van der Waals surface area contributed by atoms with Crippen LogP contribution in [0.25, 0.3) is 11.2 Å². The Morgan fingerprint density at radius 3 is 2.96 bits per heavy atom. The summed E-state index contributed by atoms with van der Waals surface area (Å²) >= 11 is 1.63. The van der Waals surface area contributed by atoms with Crippen molar-refractivity contribution < 1.29 is 9.53 Å². The zero-order valence-corrected chi connectivity index (χ0v) is 14.0. The molecular formula is C16H17N5O2S. The number of aryl methyl sites for hydroxylation is 1. The van der Waals surface area contributed by atoms with Gasteiger partial charge in [-0.3, -0.25) is 0 Å². The molecule has 0 atom stereocenters. The normalized spacial score (nSPS) is 10.9. The Kier molecular flexibility index (Phi) is 4.95. The lowest BCUT2D eigenvalue weighted by molar-refractivity contribution is 0.0597. The van der Waals surface area contributed by atoms with Gasteiger partial charge in [-0.05, 0) is 24.3 Å². The number of nitrogens with two attached hydrogens (primary N) is 1. The predicted octanol–water partition coefficient (Wildman–Crippen LogP) is 2.38. The van der Waals surface area contributed by atoms with Crippen molar-refractivity contribution in [3.8, 4) is 0 Å². The van der Waals surface area contributed by atoms with Crippen LogP contribution in [0.2, 0.25) is 0 Å².